The van der Waals surface area contributed by atoms with Crippen molar-refractivity contribution in [2.75, 3.05) is 0 Å². The largest absolute Gasteiger partial charge is 0.416 e. The minimum absolute atomic E-state index is 0.0647. The van der Waals surface area contributed by atoms with Gasteiger partial charge in [0.05, 0.1) is 11.5 Å². The first kappa shape index (κ1) is 10.4. The number of hydrogen-bond acceptors (Lipinski definition) is 0. The molecular weight excluding hydrogens is 215 g/mol. The quantitative estimate of drug-likeness (QED) is 0.633. The normalized spacial score (nSPS) is 23.9. The summed E-state index contributed by atoms with van der Waals surface area (Å²) in [6, 6.07) is 4.14. The summed E-state index contributed by atoms with van der Waals surface area (Å²) in [6.07, 6.45) is -4.82. The van der Waals surface area contributed by atoms with Crippen molar-refractivity contribution in [3.63, 3.8) is 0 Å². The van der Waals surface area contributed by atoms with E-state index in [0.717, 1.165) is 18.2 Å². The van der Waals surface area contributed by atoms with Crippen LogP contribution >= 0.6 is 0 Å². The van der Waals surface area contributed by atoms with Gasteiger partial charge in [-0.2, -0.15) is 13.2 Å². The molecule has 1 aromatic carbocycles. The maximum Gasteiger partial charge on any atom is 0.416 e. The Balaban J connectivity index is 2.29. The lowest BCUT2D eigenvalue weighted by Crippen LogP contribution is -2.05. The van der Waals surface area contributed by atoms with Gasteiger partial charge in [-0.3, -0.25) is 0 Å². The number of alkyl halides is 5. The van der Waals surface area contributed by atoms with Crippen molar-refractivity contribution in [1.82, 2.24) is 0 Å². The molecule has 0 saturated heterocycles. The highest BCUT2D eigenvalue weighted by Gasteiger charge is 2.57. The van der Waals surface area contributed by atoms with Gasteiger partial charge in [-0.05, 0) is 11.6 Å². The van der Waals surface area contributed by atoms with E-state index in [2.05, 4.69) is 0 Å². The molecule has 15 heavy (non-hydrogen) atoms. The van der Waals surface area contributed by atoms with E-state index in [1.165, 1.54) is 6.07 Å². The molecule has 0 amide bonds. The molecule has 0 aliphatic heterocycles. The van der Waals surface area contributed by atoms with Crippen molar-refractivity contribution < 1.29 is 22.0 Å². The minimum Gasteiger partial charge on any atom is -0.206 e. The van der Waals surface area contributed by atoms with Crippen molar-refractivity contribution in [2.45, 2.75) is 24.4 Å². The zero-order valence-corrected chi connectivity index (χ0v) is 7.48. The van der Waals surface area contributed by atoms with Crippen LogP contribution in [-0.4, -0.2) is 5.92 Å². The van der Waals surface area contributed by atoms with Crippen molar-refractivity contribution in [2.24, 2.45) is 0 Å². The van der Waals surface area contributed by atoms with Gasteiger partial charge in [-0.15, -0.1) is 0 Å². The Labute approximate surface area is 82.7 Å². The fraction of sp³-hybridized carbons (Fsp3) is 0.400. The van der Waals surface area contributed by atoms with E-state index in [4.69, 9.17) is 0 Å². The summed E-state index contributed by atoms with van der Waals surface area (Å²) >= 11 is 0. The number of halogens is 5. The van der Waals surface area contributed by atoms with Crippen LogP contribution in [0.3, 0.4) is 0 Å². The van der Waals surface area contributed by atoms with Gasteiger partial charge < -0.3 is 0 Å². The molecule has 0 heterocycles. The Morgan fingerprint density at radius 1 is 1.20 bits per heavy atom. The van der Waals surface area contributed by atoms with E-state index in [9.17, 15) is 22.0 Å². The number of rotatable bonds is 1. The Kier molecular flexibility index (Phi) is 2.03. The Hall–Kier alpha value is -1.13. The molecule has 1 aliphatic rings. The second-order valence-electron chi connectivity index (χ2n) is 3.64. The summed E-state index contributed by atoms with van der Waals surface area (Å²) in [7, 11) is 0. The first-order valence-electron chi connectivity index (χ1n) is 4.36. The van der Waals surface area contributed by atoms with Crippen molar-refractivity contribution in [3.05, 3.63) is 35.4 Å². The Morgan fingerprint density at radius 3 is 2.27 bits per heavy atom. The summed E-state index contributed by atoms with van der Waals surface area (Å²) in [4.78, 5) is 0. The summed E-state index contributed by atoms with van der Waals surface area (Å²) < 4.78 is 62.0. The first-order valence-corrected chi connectivity index (χ1v) is 4.36. The highest BCUT2D eigenvalue weighted by Crippen LogP contribution is 2.56. The van der Waals surface area contributed by atoms with Crippen LogP contribution in [0.25, 0.3) is 0 Å². The lowest BCUT2D eigenvalue weighted by molar-refractivity contribution is -0.137. The van der Waals surface area contributed by atoms with Gasteiger partial charge >= 0.3 is 6.18 Å². The van der Waals surface area contributed by atoms with Crippen LogP contribution in [0.5, 0.6) is 0 Å². The van der Waals surface area contributed by atoms with Gasteiger partial charge in [0.2, 0.25) is 0 Å². The molecule has 5 heteroatoms. The Morgan fingerprint density at radius 2 is 1.80 bits per heavy atom. The van der Waals surface area contributed by atoms with Crippen LogP contribution in [0.15, 0.2) is 24.3 Å². The van der Waals surface area contributed by atoms with Gasteiger partial charge in [0.1, 0.15) is 0 Å². The topological polar surface area (TPSA) is 0 Å². The molecule has 0 aromatic heterocycles. The monoisotopic (exact) mass is 222 g/mol. The summed E-state index contributed by atoms with van der Waals surface area (Å²) in [6.45, 7) is 0. The second kappa shape index (κ2) is 2.93. The van der Waals surface area contributed by atoms with E-state index in [-0.39, 0.29) is 12.0 Å². The van der Waals surface area contributed by atoms with Crippen LogP contribution in [0.2, 0.25) is 0 Å². The third-order valence-corrected chi connectivity index (χ3v) is 2.44. The third kappa shape index (κ3) is 1.96. The molecule has 1 aromatic rings. The highest BCUT2D eigenvalue weighted by molar-refractivity contribution is 5.33. The lowest BCUT2D eigenvalue weighted by atomic mass is 10.1. The fourth-order valence-corrected chi connectivity index (χ4v) is 1.51. The highest BCUT2D eigenvalue weighted by atomic mass is 19.4. The van der Waals surface area contributed by atoms with Crippen LogP contribution in [0, 0.1) is 0 Å². The van der Waals surface area contributed by atoms with Crippen molar-refractivity contribution in [1.29, 1.82) is 0 Å². The standard InChI is InChI=1S/C10H7F5/c11-9(12)5-8(9)6-2-1-3-7(4-6)10(13,14)15/h1-4,8H,5H2. The van der Waals surface area contributed by atoms with Crippen LogP contribution in [-0.2, 0) is 6.18 Å². The Bertz CT molecular complexity index is 380. The molecule has 1 saturated carbocycles. The molecule has 0 nitrogen and oxygen atoms in total. The smallest absolute Gasteiger partial charge is 0.206 e. The van der Waals surface area contributed by atoms with Crippen LogP contribution < -0.4 is 0 Å². The summed E-state index contributed by atoms with van der Waals surface area (Å²) in [5.41, 5.74) is -0.808. The van der Waals surface area contributed by atoms with E-state index in [1.54, 1.807) is 0 Å². The minimum atomic E-state index is -4.47. The number of benzene rings is 1. The molecule has 0 N–H and O–H groups in total. The second-order valence-corrected chi connectivity index (χ2v) is 3.64. The molecule has 1 atom stereocenters. The lowest BCUT2D eigenvalue weighted by Gasteiger charge is -2.08. The average Bonchev–Trinajstić information content (AvgIpc) is 2.74. The molecule has 0 radical (unpaired) electrons. The molecule has 1 unspecified atom stereocenters. The predicted octanol–water partition coefficient (Wildman–Crippen LogP) is 3.83. The van der Waals surface area contributed by atoms with Gasteiger partial charge in [0.15, 0.2) is 0 Å². The molecule has 0 bridgehead atoms. The molecule has 1 aliphatic carbocycles. The summed E-state index contributed by atoms with van der Waals surface area (Å²) in [5, 5.41) is 0. The van der Waals surface area contributed by atoms with E-state index in [1.807, 2.05) is 0 Å². The molecule has 2 rings (SSSR count). The average molecular weight is 222 g/mol. The SMILES string of the molecule is FC(F)(F)c1cccc(C2CC2(F)F)c1. The van der Waals surface area contributed by atoms with Crippen LogP contribution in [0.4, 0.5) is 22.0 Å². The van der Waals surface area contributed by atoms with E-state index < -0.39 is 23.6 Å². The maximum atomic E-state index is 12.6. The predicted molar refractivity (Wildman–Crippen MR) is 43.7 cm³/mol. The van der Waals surface area contributed by atoms with Gasteiger partial charge in [-0.1, -0.05) is 18.2 Å². The third-order valence-electron chi connectivity index (χ3n) is 2.44. The maximum absolute atomic E-state index is 12.6. The van der Waals surface area contributed by atoms with Crippen molar-refractivity contribution in [3.8, 4) is 0 Å². The van der Waals surface area contributed by atoms with Gasteiger partial charge in [0, 0.05) is 6.42 Å². The molecule has 1 fully saturated rings. The van der Waals surface area contributed by atoms with Gasteiger partial charge in [0.25, 0.3) is 5.92 Å². The van der Waals surface area contributed by atoms with E-state index in [0.29, 0.717) is 0 Å². The summed E-state index contributed by atoms with van der Waals surface area (Å²) in [5.74, 6) is -3.87. The van der Waals surface area contributed by atoms with Gasteiger partial charge in [-0.25, -0.2) is 8.78 Å². The zero-order chi connectivity index (χ0) is 11.3. The fourth-order valence-electron chi connectivity index (χ4n) is 1.51. The number of hydrogen-bond donors (Lipinski definition) is 0. The molecular formula is C10H7F5. The van der Waals surface area contributed by atoms with E-state index >= 15 is 0 Å². The molecule has 82 valence electrons. The first-order chi connectivity index (χ1) is 6.81. The van der Waals surface area contributed by atoms with Crippen molar-refractivity contribution >= 4 is 0 Å². The van der Waals surface area contributed by atoms with Crippen LogP contribution in [0.1, 0.15) is 23.5 Å². The zero-order valence-electron chi connectivity index (χ0n) is 7.48. The molecule has 0 spiro atoms.